The number of nitrogens with two attached hydrogens (primary N) is 1. The molecule has 0 bridgehead atoms. The normalized spacial score (nSPS) is 26.9. The summed E-state index contributed by atoms with van der Waals surface area (Å²) in [5.74, 6) is -5.88. The maximum Gasteiger partial charge on any atom is 0.329 e. The molecule has 3 aliphatic rings. The molecule has 1 saturated heterocycles. The van der Waals surface area contributed by atoms with Gasteiger partial charge in [0.2, 0.25) is 0 Å². The summed E-state index contributed by atoms with van der Waals surface area (Å²) in [4.78, 5) is 28.4. The average Bonchev–Trinajstić information content (AvgIpc) is 3.42. The number of nitrogens with zero attached hydrogens (tertiary/aromatic N) is 2. The van der Waals surface area contributed by atoms with Crippen LogP contribution in [0.2, 0.25) is 0 Å². The van der Waals surface area contributed by atoms with E-state index in [4.69, 9.17) is 10.5 Å². The van der Waals surface area contributed by atoms with E-state index in [2.05, 4.69) is 0 Å². The van der Waals surface area contributed by atoms with E-state index in [1.807, 2.05) is 4.98 Å². The third-order valence-electron chi connectivity index (χ3n) is 6.91. The van der Waals surface area contributed by atoms with Crippen molar-refractivity contribution >= 4 is 16.6 Å². The minimum absolute atomic E-state index is 0.0354. The third-order valence-corrected chi connectivity index (χ3v) is 6.91. The van der Waals surface area contributed by atoms with Gasteiger partial charge in [-0.2, -0.15) is 0 Å². The first-order valence-corrected chi connectivity index (χ1v) is 10.3. The highest BCUT2D eigenvalue weighted by atomic mass is 19.3. The number of aromatic nitrogens is 2. The summed E-state index contributed by atoms with van der Waals surface area (Å²) in [7, 11) is 1.18. The van der Waals surface area contributed by atoms with Crippen LogP contribution in [0, 0.1) is 17.7 Å². The molecule has 32 heavy (non-hydrogen) atoms. The first-order valence-electron chi connectivity index (χ1n) is 10.3. The Morgan fingerprint density at radius 2 is 1.91 bits per heavy atom. The molecule has 3 atom stereocenters. The van der Waals surface area contributed by atoms with Crippen molar-refractivity contribution in [2.75, 3.05) is 25.1 Å². The van der Waals surface area contributed by atoms with Gasteiger partial charge in [0.15, 0.2) is 11.6 Å². The van der Waals surface area contributed by atoms with Crippen molar-refractivity contribution in [3.63, 3.8) is 0 Å². The molecule has 5 rings (SSSR count). The molecule has 2 aliphatic carbocycles. The van der Waals surface area contributed by atoms with Crippen LogP contribution in [0.1, 0.15) is 37.3 Å². The second kappa shape index (κ2) is 6.93. The van der Waals surface area contributed by atoms with Gasteiger partial charge >= 0.3 is 5.69 Å². The lowest BCUT2D eigenvalue weighted by atomic mass is 9.98. The van der Waals surface area contributed by atoms with Crippen molar-refractivity contribution in [3.8, 4) is 5.75 Å². The molecule has 1 aromatic heterocycles. The maximum absolute atomic E-state index is 15.6. The fourth-order valence-electron chi connectivity index (χ4n) is 5.33. The molecule has 2 heterocycles. The van der Waals surface area contributed by atoms with Gasteiger partial charge < -0.3 is 15.4 Å². The van der Waals surface area contributed by atoms with E-state index in [0.29, 0.717) is 12.8 Å². The highest BCUT2D eigenvalue weighted by Crippen LogP contribution is 2.51. The number of alkyl halides is 4. The standard InChI is InChI=1S/C20H21F5N4O3/c1-32-15-13-11(18(30)27-19(31)29(13)8-2-3-8)10(17(22)23)12(21)14(15)28-5-7-4-20(24,25)16(26)9(7)6-28/h7-9,16-17H,2-6,26H2,1H3,(H,27,30,31). The first kappa shape index (κ1) is 21.2. The lowest BCUT2D eigenvalue weighted by Crippen LogP contribution is -2.42. The summed E-state index contributed by atoms with van der Waals surface area (Å²) in [6.07, 6.45) is -2.68. The molecule has 3 unspecified atom stereocenters. The van der Waals surface area contributed by atoms with E-state index in [1.54, 1.807) is 0 Å². The van der Waals surface area contributed by atoms with Crippen LogP contribution in [-0.4, -0.2) is 41.7 Å². The van der Waals surface area contributed by atoms with Crippen LogP contribution in [0.15, 0.2) is 9.59 Å². The van der Waals surface area contributed by atoms with Gasteiger partial charge in [-0.1, -0.05) is 0 Å². The summed E-state index contributed by atoms with van der Waals surface area (Å²) in [5, 5.41) is -0.646. The topological polar surface area (TPSA) is 93.3 Å². The van der Waals surface area contributed by atoms with Crippen LogP contribution < -0.4 is 26.6 Å². The molecule has 0 amide bonds. The van der Waals surface area contributed by atoms with Gasteiger partial charge in [0, 0.05) is 31.5 Å². The Kier molecular flexibility index (Phi) is 4.60. The third kappa shape index (κ3) is 2.87. The summed E-state index contributed by atoms with van der Waals surface area (Å²) >= 11 is 0. The lowest BCUT2D eigenvalue weighted by molar-refractivity contribution is -0.0146. The van der Waals surface area contributed by atoms with Crippen molar-refractivity contribution in [1.29, 1.82) is 0 Å². The highest BCUT2D eigenvalue weighted by Gasteiger charge is 2.57. The van der Waals surface area contributed by atoms with Gasteiger partial charge in [0.05, 0.1) is 24.1 Å². The van der Waals surface area contributed by atoms with Crippen LogP contribution in [0.5, 0.6) is 5.75 Å². The summed E-state index contributed by atoms with van der Waals surface area (Å²) in [6, 6.07) is -1.78. The minimum atomic E-state index is -3.36. The number of anilines is 1. The van der Waals surface area contributed by atoms with Crippen LogP contribution in [0.25, 0.3) is 10.9 Å². The van der Waals surface area contributed by atoms with Gasteiger partial charge in [0.25, 0.3) is 17.9 Å². The van der Waals surface area contributed by atoms with Crippen molar-refractivity contribution in [2.24, 2.45) is 17.6 Å². The summed E-state index contributed by atoms with van der Waals surface area (Å²) in [5.41, 5.74) is 2.06. The van der Waals surface area contributed by atoms with Crippen LogP contribution >= 0.6 is 0 Å². The Labute approximate surface area is 177 Å². The number of nitrogens with one attached hydrogen (secondary N) is 1. The number of fused-ring (bicyclic) bond motifs is 2. The van der Waals surface area contributed by atoms with Gasteiger partial charge in [-0.3, -0.25) is 14.3 Å². The van der Waals surface area contributed by atoms with Crippen LogP contribution in [-0.2, 0) is 0 Å². The van der Waals surface area contributed by atoms with Crippen LogP contribution in [0.3, 0.4) is 0 Å². The zero-order valence-electron chi connectivity index (χ0n) is 17.0. The molecule has 3 fully saturated rings. The zero-order valence-corrected chi connectivity index (χ0v) is 17.0. The van der Waals surface area contributed by atoms with E-state index < -0.39 is 64.7 Å². The molecule has 174 valence electrons. The number of hydrogen-bond acceptors (Lipinski definition) is 5. The van der Waals surface area contributed by atoms with Gasteiger partial charge in [-0.15, -0.1) is 0 Å². The molecule has 3 N–H and O–H groups in total. The molecular weight excluding hydrogens is 439 g/mol. The first-order chi connectivity index (χ1) is 15.1. The smallest absolute Gasteiger partial charge is 0.329 e. The molecule has 0 spiro atoms. The molecule has 1 aliphatic heterocycles. The maximum atomic E-state index is 15.6. The number of methoxy groups -OCH3 is 1. The number of halogens is 5. The fourth-order valence-corrected chi connectivity index (χ4v) is 5.33. The van der Waals surface area contributed by atoms with Crippen molar-refractivity contribution in [1.82, 2.24) is 9.55 Å². The average molecular weight is 460 g/mol. The number of benzene rings is 1. The van der Waals surface area contributed by atoms with E-state index in [1.165, 1.54) is 12.0 Å². The Morgan fingerprint density at radius 1 is 1.22 bits per heavy atom. The Bertz CT molecular complexity index is 1220. The highest BCUT2D eigenvalue weighted by molar-refractivity contribution is 5.94. The predicted octanol–water partition coefficient (Wildman–Crippen LogP) is 2.53. The Morgan fingerprint density at radius 3 is 2.47 bits per heavy atom. The molecule has 0 radical (unpaired) electrons. The molecule has 12 heteroatoms. The second-order valence-corrected chi connectivity index (χ2v) is 8.81. The Balaban J connectivity index is 1.78. The monoisotopic (exact) mass is 460 g/mol. The predicted molar refractivity (Wildman–Crippen MR) is 105 cm³/mol. The number of rotatable bonds is 4. The van der Waals surface area contributed by atoms with Crippen molar-refractivity contribution in [2.45, 2.75) is 43.7 Å². The fraction of sp³-hybridized carbons (Fsp3) is 0.600. The molecule has 1 aromatic carbocycles. The molecule has 2 saturated carbocycles. The van der Waals surface area contributed by atoms with E-state index >= 15 is 4.39 Å². The van der Waals surface area contributed by atoms with Crippen molar-refractivity contribution in [3.05, 3.63) is 32.2 Å². The van der Waals surface area contributed by atoms with E-state index in [0.717, 1.165) is 4.57 Å². The van der Waals surface area contributed by atoms with Crippen molar-refractivity contribution < 1.29 is 26.7 Å². The molecular formula is C20H21F5N4O3. The minimum Gasteiger partial charge on any atom is -0.492 e. The summed E-state index contributed by atoms with van der Waals surface area (Å²) in [6.45, 7) is -0.119. The number of ether oxygens (including phenoxy) is 1. The number of hydrogen-bond donors (Lipinski definition) is 2. The molecule has 2 aromatic rings. The van der Waals surface area contributed by atoms with Gasteiger partial charge in [-0.05, 0) is 18.8 Å². The van der Waals surface area contributed by atoms with E-state index in [9.17, 15) is 27.2 Å². The van der Waals surface area contributed by atoms with E-state index in [-0.39, 0.29) is 36.1 Å². The molecule has 7 nitrogen and oxygen atoms in total. The second-order valence-electron chi connectivity index (χ2n) is 8.81. The summed E-state index contributed by atoms with van der Waals surface area (Å²) < 4.78 is 78.2. The SMILES string of the molecule is COc1c(N2CC3CC(F)(F)C(N)C3C2)c(F)c(C(F)F)c2c(=O)[nH]c(=O)n(C3CC3)c12. The van der Waals surface area contributed by atoms with Gasteiger partial charge in [0.1, 0.15) is 11.2 Å². The number of H-pyrrole nitrogens is 1. The Hall–Kier alpha value is -2.63. The quantitative estimate of drug-likeness (QED) is 0.685. The van der Waals surface area contributed by atoms with Gasteiger partial charge in [-0.25, -0.2) is 26.7 Å². The number of aromatic amines is 1. The van der Waals surface area contributed by atoms with Crippen LogP contribution in [0.4, 0.5) is 27.6 Å². The largest absolute Gasteiger partial charge is 0.492 e. The zero-order chi connectivity index (χ0) is 23.1. The lowest BCUT2D eigenvalue weighted by Gasteiger charge is -2.28.